The highest BCUT2D eigenvalue weighted by Gasteiger charge is 2.13. The summed E-state index contributed by atoms with van der Waals surface area (Å²) in [7, 11) is 0. The summed E-state index contributed by atoms with van der Waals surface area (Å²) < 4.78 is 11.2. The highest BCUT2D eigenvalue weighted by molar-refractivity contribution is 7.13. The summed E-state index contributed by atoms with van der Waals surface area (Å²) >= 11 is 1.49. The molecule has 1 heterocycles. The molecule has 144 valence electrons. The Morgan fingerprint density at radius 2 is 2.07 bits per heavy atom. The summed E-state index contributed by atoms with van der Waals surface area (Å²) in [4.78, 5) is 16.7. The summed E-state index contributed by atoms with van der Waals surface area (Å²) in [6.07, 6.45) is 1.66. The second-order valence-corrected chi connectivity index (χ2v) is 6.92. The molecular formula is C21H21N3O3S. The number of carbonyl (C=O) groups is 1. The number of aryl methyl sites for hydroxylation is 2. The van der Waals surface area contributed by atoms with Crippen LogP contribution in [0.2, 0.25) is 0 Å². The van der Waals surface area contributed by atoms with E-state index in [1.807, 2.05) is 38.3 Å². The molecule has 0 spiro atoms. The average Bonchev–Trinajstić information content (AvgIpc) is 3.09. The number of benzene rings is 2. The van der Waals surface area contributed by atoms with Gasteiger partial charge in [0.2, 0.25) is 5.13 Å². The molecule has 2 aromatic carbocycles. The Bertz CT molecular complexity index is 998. The van der Waals surface area contributed by atoms with Crippen molar-refractivity contribution in [2.45, 2.75) is 20.8 Å². The molecule has 3 aromatic rings. The molecule has 6 nitrogen and oxygen atoms in total. The number of carbonyl (C=O) groups excluding carboxylic acids is 1. The van der Waals surface area contributed by atoms with Gasteiger partial charge in [0.25, 0.3) is 0 Å². The third kappa shape index (κ3) is 5.17. The van der Waals surface area contributed by atoms with Gasteiger partial charge in [0.05, 0.1) is 24.1 Å². The van der Waals surface area contributed by atoms with Gasteiger partial charge in [0, 0.05) is 5.38 Å². The number of hydrogen-bond donors (Lipinski definition) is 1. The lowest BCUT2D eigenvalue weighted by Crippen LogP contribution is -2.10. The van der Waals surface area contributed by atoms with Crippen molar-refractivity contribution in [3.05, 3.63) is 70.2 Å². The van der Waals surface area contributed by atoms with E-state index in [0.717, 1.165) is 22.0 Å². The number of ether oxygens (including phenoxy) is 2. The van der Waals surface area contributed by atoms with E-state index < -0.39 is 5.97 Å². The van der Waals surface area contributed by atoms with Crippen LogP contribution in [0.25, 0.3) is 0 Å². The van der Waals surface area contributed by atoms with Gasteiger partial charge in [-0.25, -0.2) is 9.78 Å². The zero-order valence-corrected chi connectivity index (χ0v) is 16.7. The standard InChI is InChI=1S/C21H21N3O3S/c1-4-26-19-11-16(12-22-24-21-23-15(3)13-28-21)8-9-18(19)27-20(25)17-7-5-6-14(2)10-17/h5-13H,4H2,1-3H3,(H,23,24)/b22-12-. The molecule has 0 aliphatic carbocycles. The predicted octanol–water partition coefficient (Wildman–Crippen LogP) is 4.82. The molecule has 0 aliphatic heterocycles. The van der Waals surface area contributed by atoms with Crippen LogP contribution in [0.1, 0.15) is 34.1 Å². The molecule has 0 saturated carbocycles. The van der Waals surface area contributed by atoms with E-state index in [9.17, 15) is 4.79 Å². The van der Waals surface area contributed by atoms with Crippen LogP contribution in [-0.2, 0) is 0 Å². The lowest BCUT2D eigenvalue weighted by molar-refractivity contribution is 0.0728. The lowest BCUT2D eigenvalue weighted by atomic mass is 10.1. The van der Waals surface area contributed by atoms with E-state index in [2.05, 4.69) is 15.5 Å². The molecule has 0 aliphatic rings. The Morgan fingerprint density at radius 1 is 1.21 bits per heavy atom. The van der Waals surface area contributed by atoms with Crippen molar-refractivity contribution in [3.63, 3.8) is 0 Å². The van der Waals surface area contributed by atoms with Crippen molar-refractivity contribution < 1.29 is 14.3 Å². The summed E-state index contributed by atoms with van der Waals surface area (Å²) in [6.45, 7) is 6.18. The van der Waals surface area contributed by atoms with Crippen molar-refractivity contribution in [2.24, 2.45) is 5.10 Å². The van der Waals surface area contributed by atoms with E-state index in [4.69, 9.17) is 9.47 Å². The Labute approximate surface area is 167 Å². The number of esters is 1. The third-order valence-electron chi connectivity index (χ3n) is 3.72. The molecule has 0 radical (unpaired) electrons. The quantitative estimate of drug-likeness (QED) is 0.269. The third-order valence-corrected chi connectivity index (χ3v) is 4.58. The summed E-state index contributed by atoms with van der Waals surface area (Å²) in [5, 5.41) is 6.86. The van der Waals surface area contributed by atoms with Gasteiger partial charge in [0.1, 0.15) is 0 Å². The molecule has 0 atom stereocenters. The largest absolute Gasteiger partial charge is 0.490 e. The smallest absolute Gasteiger partial charge is 0.343 e. The van der Waals surface area contributed by atoms with Gasteiger partial charge in [-0.1, -0.05) is 17.7 Å². The maximum Gasteiger partial charge on any atom is 0.343 e. The predicted molar refractivity (Wildman–Crippen MR) is 112 cm³/mol. The van der Waals surface area contributed by atoms with Crippen molar-refractivity contribution in [2.75, 3.05) is 12.0 Å². The van der Waals surface area contributed by atoms with Crippen LogP contribution < -0.4 is 14.9 Å². The SMILES string of the molecule is CCOc1cc(/C=N\Nc2nc(C)cs2)ccc1OC(=O)c1cccc(C)c1. The molecule has 0 bridgehead atoms. The fraction of sp³-hybridized carbons (Fsp3) is 0.190. The number of anilines is 1. The fourth-order valence-corrected chi connectivity index (χ4v) is 3.09. The van der Waals surface area contributed by atoms with Crippen LogP contribution in [-0.4, -0.2) is 23.8 Å². The molecule has 0 fully saturated rings. The summed E-state index contributed by atoms with van der Waals surface area (Å²) in [5.41, 5.74) is 6.13. The lowest BCUT2D eigenvalue weighted by Gasteiger charge is -2.11. The summed E-state index contributed by atoms with van der Waals surface area (Å²) in [6, 6.07) is 12.6. The first kappa shape index (κ1) is 19.6. The topological polar surface area (TPSA) is 72.8 Å². The maximum atomic E-state index is 12.4. The number of nitrogens with zero attached hydrogens (tertiary/aromatic N) is 2. The van der Waals surface area contributed by atoms with E-state index in [0.29, 0.717) is 23.7 Å². The Hall–Kier alpha value is -3.19. The van der Waals surface area contributed by atoms with E-state index in [1.54, 1.807) is 36.5 Å². The van der Waals surface area contributed by atoms with Gasteiger partial charge in [-0.2, -0.15) is 5.10 Å². The van der Waals surface area contributed by atoms with Gasteiger partial charge in [-0.05, 0) is 56.7 Å². The first-order valence-corrected chi connectivity index (χ1v) is 9.70. The van der Waals surface area contributed by atoms with Crippen LogP contribution in [0.5, 0.6) is 11.5 Å². The first-order chi connectivity index (χ1) is 13.5. The Morgan fingerprint density at radius 3 is 2.79 bits per heavy atom. The molecule has 1 N–H and O–H groups in total. The molecule has 1 aromatic heterocycles. The maximum absolute atomic E-state index is 12.4. The van der Waals surface area contributed by atoms with Crippen molar-refractivity contribution >= 4 is 28.7 Å². The molecule has 0 amide bonds. The number of thiazole rings is 1. The molecular weight excluding hydrogens is 374 g/mol. The van der Waals surface area contributed by atoms with Gasteiger partial charge in [-0.3, -0.25) is 5.43 Å². The molecule has 3 rings (SSSR count). The van der Waals surface area contributed by atoms with Crippen molar-refractivity contribution in [1.82, 2.24) is 4.98 Å². The normalized spacial score (nSPS) is 10.8. The van der Waals surface area contributed by atoms with Gasteiger partial charge in [0.15, 0.2) is 11.5 Å². The van der Waals surface area contributed by atoms with Crippen LogP contribution in [0.3, 0.4) is 0 Å². The molecule has 7 heteroatoms. The van der Waals surface area contributed by atoms with Gasteiger partial charge in [-0.15, -0.1) is 11.3 Å². The zero-order valence-electron chi connectivity index (χ0n) is 15.9. The Balaban J connectivity index is 1.74. The molecule has 0 saturated heterocycles. The number of rotatable bonds is 7. The van der Waals surface area contributed by atoms with Crippen LogP contribution in [0, 0.1) is 13.8 Å². The number of aromatic nitrogens is 1. The Kier molecular flexibility index (Phi) is 6.39. The molecule has 28 heavy (non-hydrogen) atoms. The highest BCUT2D eigenvalue weighted by atomic mass is 32.1. The molecule has 0 unspecified atom stereocenters. The van der Waals surface area contributed by atoms with Crippen LogP contribution in [0.4, 0.5) is 5.13 Å². The van der Waals surface area contributed by atoms with E-state index in [-0.39, 0.29) is 0 Å². The summed E-state index contributed by atoms with van der Waals surface area (Å²) in [5.74, 6) is 0.429. The first-order valence-electron chi connectivity index (χ1n) is 8.82. The number of hydrazone groups is 1. The highest BCUT2D eigenvalue weighted by Crippen LogP contribution is 2.29. The average molecular weight is 395 g/mol. The second-order valence-electron chi connectivity index (χ2n) is 6.06. The monoisotopic (exact) mass is 395 g/mol. The second kappa shape index (κ2) is 9.14. The van der Waals surface area contributed by atoms with Crippen molar-refractivity contribution in [1.29, 1.82) is 0 Å². The van der Waals surface area contributed by atoms with Gasteiger partial charge >= 0.3 is 5.97 Å². The minimum Gasteiger partial charge on any atom is -0.490 e. The van der Waals surface area contributed by atoms with Crippen LogP contribution >= 0.6 is 11.3 Å². The van der Waals surface area contributed by atoms with Crippen molar-refractivity contribution in [3.8, 4) is 11.5 Å². The minimum atomic E-state index is -0.424. The number of hydrogen-bond acceptors (Lipinski definition) is 7. The minimum absolute atomic E-state index is 0.369. The number of nitrogens with one attached hydrogen (secondary N) is 1. The zero-order chi connectivity index (χ0) is 19.9. The fourth-order valence-electron chi connectivity index (χ4n) is 2.46. The van der Waals surface area contributed by atoms with E-state index in [1.165, 1.54) is 11.3 Å². The van der Waals surface area contributed by atoms with Crippen LogP contribution in [0.15, 0.2) is 52.9 Å². The van der Waals surface area contributed by atoms with E-state index >= 15 is 0 Å². The van der Waals surface area contributed by atoms with Gasteiger partial charge < -0.3 is 9.47 Å².